The quantitative estimate of drug-likeness (QED) is 0.0433. The molecule has 2 aromatic heterocycles. The topological polar surface area (TPSA) is 198 Å². The van der Waals surface area contributed by atoms with E-state index < -0.39 is 29.1 Å². The summed E-state index contributed by atoms with van der Waals surface area (Å²) in [6, 6.07) is 15.9. The van der Waals surface area contributed by atoms with Crippen molar-refractivity contribution in [3.8, 4) is 22.5 Å². The molecule has 0 spiro atoms. The number of imidazole rings is 1. The van der Waals surface area contributed by atoms with Gasteiger partial charge in [-0.1, -0.05) is 86.3 Å². The largest absolute Gasteiger partial charge is 0.481 e. The van der Waals surface area contributed by atoms with E-state index >= 15 is 0 Å². The maximum atomic E-state index is 13.8. The SMILES string of the molecule is CCCCc1nc(Cl)c(CN(O)C(=O)C2CCC(NC(=O)C3(CC(COCCOC)C(=O)O)CCCC3)CC2)n1Cc1ccc(-c2ccccc2-c2nn[nH]n2)cc1. The fraction of sp³-hybridized carbons (Fsp3) is 0.548. The molecule has 0 aliphatic heterocycles. The number of unbranched alkanes of at least 4 members (excludes halogenated alkanes) is 1. The number of carbonyl (C=O) groups is 3. The van der Waals surface area contributed by atoms with E-state index in [9.17, 15) is 24.7 Å². The average Bonchev–Trinajstić information content (AvgIpc) is 4.01. The van der Waals surface area contributed by atoms with Crippen LogP contribution in [-0.4, -0.2) is 96.3 Å². The fourth-order valence-electron chi connectivity index (χ4n) is 8.43. The van der Waals surface area contributed by atoms with Gasteiger partial charge in [0, 0.05) is 37.6 Å². The van der Waals surface area contributed by atoms with Gasteiger partial charge in [0.25, 0.3) is 0 Å². The maximum absolute atomic E-state index is 13.8. The van der Waals surface area contributed by atoms with Crippen molar-refractivity contribution >= 4 is 29.4 Å². The number of carboxylic acids is 1. The van der Waals surface area contributed by atoms with Crippen LogP contribution in [0.1, 0.15) is 94.6 Å². The van der Waals surface area contributed by atoms with E-state index in [0.717, 1.165) is 58.8 Å². The van der Waals surface area contributed by atoms with E-state index in [2.05, 4.69) is 37.8 Å². The second-order valence-corrected chi connectivity index (χ2v) is 16.0. The minimum Gasteiger partial charge on any atom is -0.481 e. The highest BCUT2D eigenvalue weighted by molar-refractivity contribution is 6.30. The number of tetrazole rings is 1. The van der Waals surface area contributed by atoms with Crippen LogP contribution in [0.5, 0.6) is 0 Å². The number of benzene rings is 2. The molecule has 2 aliphatic carbocycles. The number of aromatic nitrogens is 6. The maximum Gasteiger partial charge on any atom is 0.308 e. The molecule has 4 aromatic rings. The van der Waals surface area contributed by atoms with Crippen molar-refractivity contribution in [3.63, 3.8) is 0 Å². The van der Waals surface area contributed by atoms with E-state index in [-0.39, 0.29) is 36.7 Å². The summed E-state index contributed by atoms with van der Waals surface area (Å²) >= 11 is 6.74. The number of amides is 2. The average molecular weight is 819 g/mol. The van der Waals surface area contributed by atoms with Crippen molar-refractivity contribution in [2.45, 2.75) is 103 Å². The molecular weight excluding hydrogens is 764 g/mol. The first-order chi connectivity index (χ1) is 28.1. The molecule has 1 unspecified atom stereocenters. The zero-order valence-electron chi connectivity index (χ0n) is 33.4. The first kappa shape index (κ1) is 42.9. The van der Waals surface area contributed by atoms with E-state index in [1.54, 1.807) is 7.11 Å². The monoisotopic (exact) mass is 818 g/mol. The summed E-state index contributed by atoms with van der Waals surface area (Å²) in [5.41, 5.74) is 3.62. The van der Waals surface area contributed by atoms with Gasteiger partial charge in [0.05, 0.1) is 43.4 Å². The van der Waals surface area contributed by atoms with Gasteiger partial charge in [0.2, 0.25) is 17.6 Å². The number of methoxy groups -OCH3 is 1. The molecule has 0 bridgehead atoms. The Morgan fingerprint density at radius 3 is 2.43 bits per heavy atom. The van der Waals surface area contributed by atoms with E-state index in [1.165, 1.54) is 0 Å². The molecule has 2 fully saturated rings. The van der Waals surface area contributed by atoms with Crippen molar-refractivity contribution in [3.05, 3.63) is 70.8 Å². The van der Waals surface area contributed by atoms with Crippen LogP contribution in [0, 0.1) is 17.3 Å². The van der Waals surface area contributed by atoms with Gasteiger partial charge in [-0.05, 0) is 73.3 Å². The summed E-state index contributed by atoms with van der Waals surface area (Å²) in [5, 5.41) is 39.9. The molecule has 2 aromatic carbocycles. The molecule has 2 amide bonds. The number of ether oxygens (including phenoxy) is 2. The number of nitrogens with one attached hydrogen (secondary N) is 2. The Balaban J connectivity index is 1.07. The van der Waals surface area contributed by atoms with Gasteiger partial charge in [-0.2, -0.15) is 5.21 Å². The third kappa shape index (κ3) is 10.5. The molecule has 2 saturated carbocycles. The Kier molecular flexibility index (Phi) is 15.0. The van der Waals surface area contributed by atoms with E-state index in [4.69, 9.17) is 21.1 Å². The molecule has 4 N–H and O–H groups in total. The summed E-state index contributed by atoms with van der Waals surface area (Å²) in [6.07, 6.45) is 7.93. The summed E-state index contributed by atoms with van der Waals surface area (Å²) in [4.78, 5) is 44.3. The van der Waals surface area contributed by atoms with Crippen LogP contribution in [0.15, 0.2) is 48.5 Å². The Labute approximate surface area is 343 Å². The Morgan fingerprint density at radius 1 is 1.05 bits per heavy atom. The second kappa shape index (κ2) is 20.3. The predicted octanol–water partition coefficient (Wildman–Crippen LogP) is 6.48. The molecule has 58 heavy (non-hydrogen) atoms. The van der Waals surface area contributed by atoms with Gasteiger partial charge < -0.3 is 24.5 Å². The minimum absolute atomic E-state index is 0.0254. The Bertz CT molecular complexity index is 1960. The number of hydroxylamine groups is 2. The molecule has 2 heterocycles. The molecule has 312 valence electrons. The van der Waals surface area contributed by atoms with E-state index in [1.807, 2.05) is 53.1 Å². The van der Waals surface area contributed by atoms with Crippen molar-refractivity contribution < 1.29 is 34.2 Å². The number of nitrogens with zero attached hydrogens (tertiary/aromatic N) is 6. The van der Waals surface area contributed by atoms with Gasteiger partial charge in [-0.25, -0.2) is 10.0 Å². The van der Waals surface area contributed by atoms with Crippen molar-refractivity contribution in [1.82, 2.24) is 40.6 Å². The number of rotatable bonds is 20. The highest BCUT2D eigenvalue weighted by atomic mass is 35.5. The molecule has 0 radical (unpaired) electrons. The number of aromatic amines is 1. The summed E-state index contributed by atoms with van der Waals surface area (Å²) in [5.74, 6) is -1.39. The third-order valence-electron chi connectivity index (χ3n) is 11.7. The van der Waals surface area contributed by atoms with Crippen LogP contribution in [-0.2, 0) is 43.4 Å². The highest BCUT2D eigenvalue weighted by Gasteiger charge is 2.45. The Hall–Kier alpha value is -4.70. The minimum atomic E-state index is -0.972. The lowest BCUT2D eigenvalue weighted by molar-refractivity contribution is -0.174. The normalized spacial score (nSPS) is 18.2. The zero-order valence-corrected chi connectivity index (χ0v) is 34.1. The lowest BCUT2D eigenvalue weighted by atomic mass is 9.76. The van der Waals surface area contributed by atoms with Crippen molar-refractivity contribution in [2.24, 2.45) is 17.3 Å². The van der Waals surface area contributed by atoms with Gasteiger partial charge in [-0.3, -0.25) is 19.6 Å². The van der Waals surface area contributed by atoms with Crippen LogP contribution in [0.25, 0.3) is 22.5 Å². The van der Waals surface area contributed by atoms with Crippen molar-refractivity contribution in [2.75, 3.05) is 26.9 Å². The summed E-state index contributed by atoms with van der Waals surface area (Å²) < 4.78 is 12.6. The highest BCUT2D eigenvalue weighted by Crippen LogP contribution is 2.44. The molecule has 0 saturated heterocycles. The number of halogens is 1. The first-order valence-electron chi connectivity index (χ1n) is 20.4. The smallest absolute Gasteiger partial charge is 0.308 e. The summed E-state index contributed by atoms with van der Waals surface area (Å²) in [7, 11) is 1.56. The van der Waals surface area contributed by atoms with E-state index in [0.29, 0.717) is 76.2 Å². The number of hydrogen-bond donors (Lipinski definition) is 4. The summed E-state index contributed by atoms with van der Waals surface area (Å²) in [6.45, 7) is 3.12. The third-order valence-corrected chi connectivity index (χ3v) is 12.0. The number of carbonyl (C=O) groups excluding carboxylic acids is 2. The molecule has 6 rings (SSSR count). The van der Waals surface area contributed by atoms with Gasteiger partial charge in [0.15, 0.2) is 5.15 Å². The number of hydrogen-bond acceptors (Lipinski definition) is 10. The van der Waals surface area contributed by atoms with Crippen molar-refractivity contribution in [1.29, 1.82) is 0 Å². The van der Waals surface area contributed by atoms with Crippen LogP contribution in [0.2, 0.25) is 5.15 Å². The number of carboxylic acid groups (broad SMARTS) is 1. The fourth-order valence-corrected chi connectivity index (χ4v) is 8.69. The molecule has 15 nitrogen and oxygen atoms in total. The molecule has 16 heteroatoms. The molecular formula is C42H55ClN8O7. The molecule has 1 atom stereocenters. The van der Waals surface area contributed by atoms with Gasteiger partial charge in [-0.15, -0.1) is 10.2 Å². The standard InChI is InChI=1S/C42H55ClN8O7/c1-3-4-11-36-45-37(43)35(50(36)25-28-12-14-29(15-13-28)33-9-5-6-10-34(33)38-46-48-49-47-38)26-51(56)39(52)30-16-18-32(19-17-30)44-41(55)42(20-7-8-21-42)24-31(40(53)54)27-58-23-22-57-2/h5-6,9-10,12-15,30-32,56H,3-4,7-8,11,16-27H2,1-2H3,(H,44,55)(H,53,54)(H,46,47,48,49). The Morgan fingerprint density at radius 2 is 1.78 bits per heavy atom. The van der Waals surface area contributed by atoms with Crippen LogP contribution in [0.4, 0.5) is 0 Å². The first-order valence-corrected chi connectivity index (χ1v) is 20.8. The lowest BCUT2D eigenvalue weighted by Gasteiger charge is -2.35. The van der Waals surface area contributed by atoms with Gasteiger partial charge >= 0.3 is 5.97 Å². The zero-order chi connectivity index (χ0) is 41.1. The number of aliphatic carboxylic acids is 1. The van der Waals surface area contributed by atoms with Gasteiger partial charge in [0.1, 0.15) is 5.82 Å². The predicted molar refractivity (Wildman–Crippen MR) is 216 cm³/mol. The number of H-pyrrole nitrogens is 1. The second-order valence-electron chi connectivity index (χ2n) is 15.6. The number of aryl methyl sites for hydroxylation is 1. The van der Waals surface area contributed by atoms with Crippen LogP contribution in [0.3, 0.4) is 0 Å². The van der Waals surface area contributed by atoms with Crippen LogP contribution < -0.4 is 5.32 Å². The lowest BCUT2D eigenvalue weighted by Crippen LogP contribution is -2.48. The van der Waals surface area contributed by atoms with Crippen LogP contribution >= 0.6 is 11.6 Å². The molecule has 2 aliphatic rings.